The van der Waals surface area contributed by atoms with Crippen LogP contribution in [-0.2, 0) is 6.54 Å². The minimum atomic E-state index is -0.721. The number of rotatable bonds is 5. The highest BCUT2D eigenvalue weighted by molar-refractivity contribution is 5.90. The molecule has 2 aromatic carbocycles. The van der Waals surface area contributed by atoms with Gasteiger partial charge in [-0.2, -0.15) is 14.8 Å². The molecule has 1 saturated heterocycles. The van der Waals surface area contributed by atoms with E-state index in [1.165, 1.54) is 24.3 Å². The van der Waals surface area contributed by atoms with Crippen LogP contribution in [0.2, 0.25) is 0 Å². The topological polar surface area (TPSA) is 116 Å². The molecule has 11 heteroatoms. The second kappa shape index (κ2) is 9.09. The molecule has 5 rings (SSSR count). The van der Waals surface area contributed by atoms with Crippen molar-refractivity contribution in [3.05, 3.63) is 92.7 Å². The van der Waals surface area contributed by atoms with Crippen LogP contribution in [0.1, 0.15) is 35.5 Å². The Kier molecular flexibility index (Phi) is 5.81. The molecule has 0 aliphatic carbocycles. The Morgan fingerprint density at radius 3 is 2.57 bits per heavy atom. The molecule has 1 amide bonds. The van der Waals surface area contributed by atoms with Crippen molar-refractivity contribution < 1.29 is 13.7 Å². The van der Waals surface area contributed by atoms with Gasteiger partial charge in [-0.1, -0.05) is 35.5 Å². The summed E-state index contributed by atoms with van der Waals surface area (Å²) in [7, 11) is 0. The summed E-state index contributed by atoms with van der Waals surface area (Å²) in [6.07, 6.45) is 0.808. The van der Waals surface area contributed by atoms with E-state index in [1.54, 1.807) is 11.8 Å². The fourth-order valence-corrected chi connectivity index (χ4v) is 4.17. The molecule has 2 aromatic heterocycles. The van der Waals surface area contributed by atoms with Crippen LogP contribution in [0.5, 0.6) is 0 Å². The predicted molar refractivity (Wildman–Crippen MR) is 123 cm³/mol. The van der Waals surface area contributed by atoms with Gasteiger partial charge in [0, 0.05) is 25.6 Å². The van der Waals surface area contributed by atoms with Crippen molar-refractivity contribution in [2.75, 3.05) is 13.1 Å². The second-order valence-corrected chi connectivity index (χ2v) is 8.14. The molecule has 178 valence electrons. The van der Waals surface area contributed by atoms with Gasteiger partial charge in [-0.3, -0.25) is 14.2 Å². The van der Waals surface area contributed by atoms with E-state index < -0.39 is 23.0 Å². The van der Waals surface area contributed by atoms with Gasteiger partial charge in [-0.05, 0) is 43.2 Å². The summed E-state index contributed by atoms with van der Waals surface area (Å²) in [5.41, 5.74) is -0.273. The van der Waals surface area contributed by atoms with Gasteiger partial charge in [0.25, 0.3) is 5.56 Å². The first-order valence-electron chi connectivity index (χ1n) is 11.1. The van der Waals surface area contributed by atoms with Crippen LogP contribution >= 0.6 is 0 Å². The monoisotopic (exact) mass is 476 g/mol. The number of benzene rings is 2. The SMILES string of the molecule is CCn1c(=O)c(-c2noc(C(=O)N3CC[C@H](c4ccccc4)C3)n2)nn(-c2ccc(F)cc2)c1=O. The van der Waals surface area contributed by atoms with Gasteiger partial charge in [-0.15, -0.1) is 0 Å². The first-order chi connectivity index (χ1) is 17.0. The van der Waals surface area contributed by atoms with Gasteiger partial charge >= 0.3 is 17.5 Å². The lowest BCUT2D eigenvalue weighted by atomic mass is 9.99. The number of carbonyl (C=O) groups is 1. The molecule has 0 spiro atoms. The maximum Gasteiger partial charge on any atom is 0.352 e. The largest absolute Gasteiger partial charge is 0.352 e. The molecule has 1 aliphatic rings. The molecule has 10 nitrogen and oxygen atoms in total. The third-order valence-electron chi connectivity index (χ3n) is 6.01. The minimum Gasteiger partial charge on any atom is -0.334 e. The third-order valence-corrected chi connectivity index (χ3v) is 6.01. The molecule has 35 heavy (non-hydrogen) atoms. The van der Waals surface area contributed by atoms with Gasteiger partial charge in [0.1, 0.15) is 5.82 Å². The molecular weight excluding hydrogens is 455 g/mol. The molecule has 1 atom stereocenters. The van der Waals surface area contributed by atoms with E-state index >= 15 is 0 Å². The van der Waals surface area contributed by atoms with Crippen LogP contribution in [0.15, 0.2) is 68.7 Å². The van der Waals surface area contributed by atoms with Crippen LogP contribution in [-0.4, -0.2) is 48.4 Å². The van der Waals surface area contributed by atoms with Crippen LogP contribution in [0.25, 0.3) is 17.2 Å². The standard InChI is InChI=1S/C24H21FN6O4/c1-2-30-22(32)19(27-31(24(30)34)18-10-8-17(25)9-11-18)20-26-21(35-28-20)23(33)29-13-12-16(14-29)15-6-4-3-5-7-15/h3-11,16H,2,12-14H2,1H3/t16-/m0/s1. The maximum absolute atomic E-state index is 13.4. The van der Waals surface area contributed by atoms with Gasteiger partial charge in [0.15, 0.2) is 5.69 Å². The number of amides is 1. The Hall–Kier alpha value is -4.41. The normalized spacial score (nSPS) is 15.5. The van der Waals surface area contributed by atoms with E-state index in [-0.39, 0.29) is 35.6 Å². The van der Waals surface area contributed by atoms with Crippen molar-refractivity contribution in [2.24, 2.45) is 0 Å². The van der Waals surface area contributed by atoms with Gasteiger partial charge < -0.3 is 9.42 Å². The number of carbonyl (C=O) groups excluding carboxylic acids is 1. The zero-order valence-electron chi connectivity index (χ0n) is 18.8. The second-order valence-electron chi connectivity index (χ2n) is 8.14. The molecule has 1 aliphatic heterocycles. The molecule has 0 unspecified atom stereocenters. The Balaban J connectivity index is 1.46. The van der Waals surface area contributed by atoms with Gasteiger partial charge in [-0.25, -0.2) is 9.18 Å². The van der Waals surface area contributed by atoms with Crippen LogP contribution in [0, 0.1) is 5.82 Å². The summed E-state index contributed by atoms with van der Waals surface area (Å²) in [4.78, 5) is 44.4. The smallest absolute Gasteiger partial charge is 0.334 e. The summed E-state index contributed by atoms with van der Waals surface area (Å²) in [5.74, 6) is -1.19. The summed E-state index contributed by atoms with van der Waals surface area (Å²) in [5, 5.41) is 7.90. The van der Waals surface area contributed by atoms with E-state index in [2.05, 4.69) is 15.2 Å². The number of aromatic nitrogens is 5. The quantitative estimate of drug-likeness (QED) is 0.434. The average Bonchev–Trinajstić information content (AvgIpc) is 3.56. The molecule has 0 radical (unpaired) electrons. The van der Waals surface area contributed by atoms with Gasteiger partial charge in [0.05, 0.1) is 5.69 Å². The molecule has 0 N–H and O–H groups in total. The summed E-state index contributed by atoms with van der Waals surface area (Å²) < 4.78 is 20.4. The molecule has 1 fully saturated rings. The van der Waals surface area contributed by atoms with E-state index in [0.717, 1.165) is 21.2 Å². The van der Waals surface area contributed by atoms with E-state index in [1.807, 2.05) is 30.3 Å². The average molecular weight is 476 g/mol. The highest BCUT2D eigenvalue weighted by Crippen LogP contribution is 2.28. The fraction of sp³-hybridized carbons (Fsp3) is 0.250. The lowest BCUT2D eigenvalue weighted by Crippen LogP contribution is -2.41. The van der Waals surface area contributed by atoms with E-state index in [9.17, 15) is 18.8 Å². The number of likely N-dealkylation sites (tertiary alicyclic amines) is 1. The Morgan fingerprint density at radius 2 is 1.86 bits per heavy atom. The Bertz CT molecular complexity index is 1490. The summed E-state index contributed by atoms with van der Waals surface area (Å²) in [6.45, 7) is 2.74. The highest BCUT2D eigenvalue weighted by Gasteiger charge is 2.31. The van der Waals surface area contributed by atoms with Crippen molar-refractivity contribution in [3.8, 4) is 17.2 Å². The molecule has 0 saturated carbocycles. The minimum absolute atomic E-state index is 0.0622. The number of nitrogens with zero attached hydrogens (tertiary/aromatic N) is 6. The van der Waals surface area contributed by atoms with Gasteiger partial charge in [0.2, 0.25) is 5.82 Å². The Morgan fingerprint density at radius 1 is 1.11 bits per heavy atom. The van der Waals surface area contributed by atoms with E-state index in [0.29, 0.717) is 13.1 Å². The molecule has 3 heterocycles. The fourth-order valence-electron chi connectivity index (χ4n) is 4.17. The number of halogens is 1. The molecular formula is C24H21FN6O4. The lowest BCUT2D eigenvalue weighted by Gasteiger charge is -2.14. The third kappa shape index (κ3) is 4.16. The van der Waals surface area contributed by atoms with Crippen molar-refractivity contribution in [3.63, 3.8) is 0 Å². The number of hydrogen-bond donors (Lipinski definition) is 0. The summed E-state index contributed by atoms with van der Waals surface area (Å²) in [6, 6.07) is 15.0. The predicted octanol–water partition coefficient (Wildman–Crippen LogP) is 2.23. The maximum atomic E-state index is 13.4. The first kappa shape index (κ1) is 22.4. The van der Waals surface area contributed by atoms with Crippen LogP contribution < -0.4 is 11.2 Å². The highest BCUT2D eigenvalue weighted by atomic mass is 19.1. The molecule has 0 bridgehead atoms. The van der Waals surface area contributed by atoms with Crippen molar-refractivity contribution in [1.82, 2.24) is 29.4 Å². The van der Waals surface area contributed by atoms with Crippen molar-refractivity contribution >= 4 is 5.91 Å². The van der Waals surface area contributed by atoms with E-state index in [4.69, 9.17) is 4.52 Å². The van der Waals surface area contributed by atoms with Crippen LogP contribution in [0.3, 0.4) is 0 Å². The zero-order chi connectivity index (χ0) is 24.5. The summed E-state index contributed by atoms with van der Waals surface area (Å²) >= 11 is 0. The first-order valence-corrected chi connectivity index (χ1v) is 11.1. The lowest BCUT2D eigenvalue weighted by molar-refractivity contribution is 0.0741. The van der Waals surface area contributed by atoms with Crippen molar-refractivity contribution in [1.29, 1.82) is 0 Å². The van der Waals surface area contributed by atoms with Crippen molar-refractivity contribution in [2.45, 2.75) is 25.8 Å². The zero-order valence-corrected chi connectivity index (χ0v) is 18.8. The Labute approximate surface area is 198 Å². The molecule has 4 aromatic rings. The number of hydrogen-bond acceptors (Lipinski definition) is 7. The van der Waals surface area contributed by atoms with Crippen LogP contribution in [0.4, 0.5) is 4.39 Å².